The van der Waals surface area contributed by atoms with Crippen LogP contribution in [0.1, 0.15) is 53.9 Å². The van der Waals surface area contributed by atoms with Crippen molar-refractivity contribution in [2.24, 2.45) is 17.8 Å². The SMILES string of the molecule is CCCNC1CC(C)CC(C)C1OCCOCC(C)C. The molecule has 0 bridgehead atoms. The topological polar surface area (TPSA) is 30.5 Å². The summed E-state index contributed by atoms with van der Waals surface area (Å²) < 4.78 is 11.8. The molecular weight excluding hydrogens is 250 g/mol. The van der Waals surface area contributed by atoms with Crippen LogP contribution in [0.4, 0.5) is 0 Å². The molecule has 1 saturated carbocycles. The molecule has 4 atom stereocenters. The van der Waals surface area contributed by atoms with Gasteiger partial charge in [0.2, 0.25) is 0 Å². The maximum atomic E-state index is 6.15. The fourth-order valence-corrected chi connectivity index (χ4v) is 3.20. The van der Waals surface area contributed by atoms with Gasteiger partial charge in [0.15, 0.2) is 0 Å². The van der Waals surface area contributed by atoms with Crippen molar-refractivity contribution in [3.05, 3.63) is 0 Å². The fourth-order valence-electron chi connectivity index (χ4n) is 3.20. The first-order valence-corrected chi connectivity index (χ1v) is 8.47. The summed E-state index contributed by atoms with van der Waals surface area (Å²) in [5.41, 5.74) is 0. The molecular formula is C17H35NO2. The highest BCUT2D eigenvalue weighted by molar-refractivity contribution is 4.88. The largest absolute Gasteiger partial charge is 0.379 e. The molecule has 0 heterocycles. The molecule has 3 heteroatoms. The van der Waals surface area contributed by atoms with Crippen LogP contribution in [0, 0.1) is 17.8 Å². The van der Waals surface area contributed by atoms with Gasteiger partial charge in [-0.25, -0.2) is 0 Å². The molecule has 0 aromatic heterocycles. The number of ether oxygens (including phenoxy) is 2. The highest BCUT2D eigenvalue weighted by Gasteiger charge is 2.34. The molecule has 1 fully saturated rings. The lowest BCUT2D eigenvalue weighted by molar-refractivity contribution is -0.0595. The van der Waals surface area contributed by atoms with Crippen LogP contribution < -0.4 is 5.32 Å². The zero-order valence-electron chi connectivity index (χ0n) is 14.2. The van der Waals surface area contributed by atoms with E-state index in [2.05, 4.69) is 39.9 Å². The molecule has 0 radical (unpaired) electrons. The van der Waals surface area contributed by atoms with E-state index in [9.17, 15) is 0 Å². The summed E-state index contributed by atoms with van der Waals surface area (Å²) in [4.78, 5) is 0. The van der Waals surface area contributed by atoms with Gasteiger partial charge in [0.1, 0.15) is 0 Å². The minimum Gasteiger partial charge on any atom is -0.379 e. The molecule has 0 aromatic rings. The Hall–Kier alpha value is -0.120. The third-order valence-electron chi connectivity index (χ3n) is 4.03. The first kappa shape index (κ1) is 17.9. The second-order valence-electron chi connectivity index (χ2n) is 6.92. The summed E-state index contributed by atoms with van der Waals surface area (Å²) in [6.45, 7) is 14.6. The summed E-state index contributed by atoms with van der Waals surface area (Å²) >= 11 is 0. The minimum atomic E-state index is 0.348. The standard InChI is InChI=1S/C17H35NO2/c1-6-7-18-16-11-14(4)10-15(5)17(16)20-9-8-19-12-13(2)3/h13-18H,6-12H2,1-5H3. The Bertz CT molecular complexity index is 245. The van der Waals surface area contributed by atoms with Crippen molar-refractivity contribution in [2.45, 2.75) is 66.0 Å². The van der Waals surface area contributed by atoms with Crippen LogP contribution in [0.2, 0.25) is 0 Å². The number of rotatable bonds is 9. The highest BCUT2D eigenvalue weighted by atomic mass is 16.5. The minimum absolute atomic E-state index is 0.348. The molecule has 0 spiro atoms. The van der Waals surface area contributed by atoms with Crippen molar-refractivity contribution in [3.63, 3.8) is 0 Å². The van der Waals surface area contributed by atoms with E-state index in [0.717, 1.165) is 32.3 Å². The lowest BCUT2D eigenvalue weighted by Crippen LogP contribution is -2.49. The zero-order valence-corrected chi connectivity index (χ0v) is 14.2. The van der Waals surface area contributed by atoms with Gasteiger partial charge in [0.25, 0.3) is 0 Å². The Morgan fingerprint density at radius 1 is 1.15 bits per heavy atom. The summed E-state index contributed by atoms with van der Waals surface area (Å²) in [7, 11) is 0. The van der Waals surface area contributed by atoms with Gasteiger partial charge in [-0.1, -0.05) is 34.6 Å². The Labute approximate surface area is 125 Å². The Morgan fingerprint density at radius 2 is 1.90 bits per heavy atom. The molecule has 1 N–H and O–H groups in total. The molecule has 0 aliphatic heterocycles. The maximum absolute atomic E-state index is 6.15. The molecule has 0 aromatic carbocycles. The van der Waals surface area contributed by atoms with E-state index < -0.39 is 0 Å². The first-order chi connectivity index (χ1) is 9.54. The van der Waals surface area contributed by atoms with Crippen LogP contribution in [0.5, 0.6) is 0 Å². The fraction of sp³-hybridized carbons (Fsp3) is 1.00. The summed E-state index contributed by atoms with van der Waals surface area (Å²) in [5, 5.41) is 3.68. The van der Waals surface area contributed by atoms with Crippen molar-refractivity contribution in [1.29, 1.82) is 0 Å². The van der Waals surface area contributed by atoms with Gasteiger partial charge in [0, 0.05) is 12.6 Å². The van der Waals surface area contributed by atoms with Crippen molar-refractivity contribution < 1.29 is 9.47 Å². The van der Waals surface area contributed by atoms with E-state index in [1.54, 1.807) is 0 Å². The third-order valence-corrected chi connectivity index (χ3v) is 4.03. The Balaban J connectivity index is 2.33. The van der Waals surface area contributed by atoms with Crippen molar-refractivity contribution in [2.75, 3.05) is 26.4 Å². The lowest BCUT2D eigenvalue weighted by atomic mass is 9.78. The van der Waals surface area contributed by atoms with Gasteiger partial charge in [-0.05, 0) is 43.6 Å². The van der Waals surface area contributed by atoms with E-state index in [1.165, 1.54) is 19.3 Å². The molecule has 1 aliphatic rings. The van der Waals surface area contributed by atoms with Crippen LogP contribution >= 0.6 is 0 Å². The van der Waals surface area contributed by atoms with Gasteiger partial charge in [0.05, 0.1) is 19.3 Å². The Morgan fingerprint density at radius 3 is 2.55 bits per heavy atom. The number of hydrogen-bond donors (Lipinski definition) is 1. The molecule has 120 valence electrons. The van der Waals surface area contributed by atoms with Crippen LogP contribution in [0.15, 0.2) is 0 Å². The molecule has 3 nitrogen and oxygen atoms in total. The smallest absolute Gasteiger partial charge is 0.0754 e. The van der Waals surface area contributed by atoms with Gasteiger partial charge >= 0.3 is 0 Å². The summed E-state index contributed by atoms with van der Waals surface area (Å²) in [6.07, 6.45) is 4.05. The van der Waals surface area contributed by atoms with Crippen molar-refractivity contribution in [1.82, 2.24) is 5.32 Å². The number of hydrogen-bond acceptors (Lipinski definition) is 3. The molecule has 4 unspecified atom stereocenters. The van der Waals surface area contributed by atoms with E-state index in [4.69, 9.17) is 9.47 Å². The van der Waals surface area contributed by atoms with Crippen LogP contribution in [-0.4, -0.2) is 38.5 Å². The molecule has 1 aliphatic carbocycles. The van der Waals surface area contributed by atoms with Gasteiger partial charge < -0.3 is 14.8 Å². The average molecular weight is 285 g/mol. The second kappa shape index (κ2) is 9.75. The lowest BCUT2D eigenvalue weighted by Gasteiger charge is -2.40. The second-order valence-corrected chi connectivity index (χ2v) is 6.92. The van der Waals surface area contributed by atoms with E-state index in [0.29, 0.717) is 24.0 Å². The Kier molecular flexibility index (Phi) is 8.74. The monoisotopic (exact) mass is 285 g/mol. The van der Waals surface area contributed by atoms with E-state index in [1.807, 2.05) is 0 Å². The van der Waals surface area contributed by atoms with E-state index >= 15 is 0 Å². The third kappa shape index (κ3) is 6.55. The zero-order chi connectivity index (χ0) is 15.0. The van der Waals surface area contributed by atoms with Gasteiger partial charge in [-0.2, -0.15) is 0 Å². The average Bonchev–Trinajstić information content (AvgIpc) is 2.37. The van der Waals surface area contributed by atoms with Crippen molar-refractivity contribution >= 4 is 0 Å². The van der Waals surface area contributed by atoms with E-state index in [-0.39, 0.29) is 0 Å². The number of nitrogens with one attached hydrogen (secondary N) is 1. The normalized spacial score (nSPS) is 30.9. The summed E-state index contributed by atoms with van der Waals surface area (Å²) in [6, 6.07) is 0.513. The predicted octanol–water partition coefficient (Wildman–Crippen LogP) is 3.48. The van der Waals surface area contributed by atoms with Crippen LogP contribution in [0.3, 0.4) is 0 Å². The quantitative estimate of drug-likeness (QED) is 0.658. The molecule has 0 saturated heterocycles. The highest BCUT2D eigenvalue weighted by Crippen LogP contribution is 2.31. The van der Waals surface area contributed by atoms with Crippen LogP contribution in [-0.2, 0) is 9.47 Å². The summed E-state index contributed by atoms with van der Waals surface area (Å²) in [5.74, 6) is 2.04. The molecule has 1 rings (SSSR count). The molecule has 20 heavy (non-hydrogen) atoms. The molecule has 0 amide bonds. The van der Waals surface area contributed by atoms with Gasteiger partial charge in [-0.3, -0.25) is 0 Å². The maximum Gasteiger partial charge on any atom is 0.0754 e. The van der Waals surface area contributed by atoms with Crippen molar-refractivity contribution in [3.8, 4) is 0 Å². The first-order valence-electron chi connectivity index (χ1n) is 8.47. The van der Waals surface area contributed by atoms with Gasteiger partial charge in [-0.15, -0.1) is 0 Å². The predicted molar refractivity (Wildman–Crippen MR) is 85.0 cm³/mol. The van der Waals surface area contributed by atoms with Crippen LogP contribution in [0.25, 0.3) is 0 Å².